The first kappa shape index (κ1) is 22.3. The SMILES string of the molecule is COc1ccc(C(=O)Nc2ccc(N3CCN(C(=O)C(F)(F)F)CC3)cc2)cc1OC. The Kier molecular flexibility index (Phi) is 6.57. The van der Waals surface area contributed by atoms with Crippen molar-refractivity contribution in [1.29, 1.82) is 0 Å². The highest BCUT2D eigenvalue weighted by molar-refractivity contribution is 6.04. The Morgan fingerprint density at radius 1 is 0.903 bits per heavy atom. The first-order valence-corrected chi connectivity index (χ1v) is 9.47. The fourth-order valence-electron chi connectivity index (χ4n) is 3.28. The molecule has 166 valence electrons. The molecule has 1 heterocycles. The molecule has 1 fully saturated rings. The summed E-state index contributed by atoms with van der Waals surface area (Å²) < 4.78 is 48.0. The molecule has 1 aliphatic heterocycles. The van der Waals surface area contributed by atoms with E-state index in [4.69, 9.17) is 9.47 Å². The van der Waals surface area contributed by atoms with Crippen LogP contribution in [0.5, 0.6) is 11.5 Å². The molecule has 0 atom stereocenters. The van der Waals surface area contributed by atoms with E-state index in [9.17, 15) is 22.8 Å². The zero-order valence-electron chi connectivity index (χ0n) is 17.0. The first-order valence-electron chi connectivity index (χ1n) is 9.47. The van der Waals surface area contributed by atoms with Gasteiger partial charge in [0.1, 0.15) is 0 Å². The molecule has 0 radical (unpaired) electrons. The molecule has 2 amide bonds. The Morgan fingerprint density at radius 3 is 2.06 bits per heavy atom. The maximum absolute atomic E-state index is 12.6. The molecule has 0 unspecified atom stereocenters. The second-order valence-corrected chi connectivity index (χ2v) is 6.85. The fraction of sp³-hybridized carbons (Fsp3) is 0.333. The number of carbonyl (C=O) groups excluding carboxylic acids is 2. The van der Waals surface area contributed by atoms with Crippen LogP contribution < -0.4 is 19.7 Å². The van der Waals surface area contributed by atoms with Gasteiger partial charge in [-0.05, 0) is 42.5 Å². The average molecular weight is 437 g/mol. The van der Waals surface area contributed by atoms with Crippen LogP contribution >= 0.6 is 0 Å². The molecular weight excluding hydrogens is 415 g/mol. The van der Waals surface area contributed by atoms with Crippen molar-refractivity contribution in [2.24, 2.45) is 0 Å². The van der Waals surface area contributed by atoms with Crippen molar-refractivity contribution in [1.82, 2.24) is 4.90 Å². The summed E-state index contributed by atoms with van der Waals surface area (Å²) in [6.07, 6.45) is -4.85. The molecule has 1 saturated heterocycles. The summed E-state index contributed by atoms with van der Waals surface area (Å²) in [7, 11) is 2.99. The molecule has 1 N–H and O–H groups in total. The van der Waals surface area contributed by atoms with Gasteiger partial charge in [-0.3, -0.25) is 9.59 Å². The zero-order chi connectivity index (χ0) is 22.6. The van der Waals surface area contributed by atoms with Crippen molar-refractivity contribution < 1.29 is 32.2 Å². The average Bonchev–Trinajstić information content (AvgIpc) is 2.78. The number of nitrogens with one attached hydrogen (secondary N) is 1. The van der Waals surface area contributed by atoms with Gasteiger partial charge in [-0.2, -0.15) is 13.2 Å². The van der Waals surface area contributed by atoms with Crippen LogP contribution in [-0.4, -0.2) is 63.3 Å². The number of piperazine rings is 1. The number of anilines is 2. The van der Waals surface area contributed by atoms with Crippen molar-refractivity contribution in [2.75, 3.05) is 50.6 Å². The van der Waals surface area contributed by atoms with E-state index in [1.165, 1.54) is 14.2 Å². The fourth-order valence-corrected chi connectivity index (χ4v) is 3.28. The van der Waals surface area contributed by atoms with E-state index in [0.29, 0.717) is 35.8 Å². The van der Waals surface area contributed by atoms with Crippen LogP contribution in [0.3, 0.4) is 0 Å². The van der Waals surface area contributed by atoms with Crippen molar-refractivity contribution in [3.8, 4) is 11.5 Å². The number of halogens is 3. The van der Waals surface area contributed by atoms with Crippen LogP contribution in [0.1, 0.15) is 10.4 Å². The van der Waals surface area contributed by atoms with Crippen molar-refractivity contribution >= 4 is 23.2 Å². The van der Waals surface area contributed by atoms with Crippen molar-refractivity contribution in [3.05, 3.63) is 48.0 Å². The Balaban J connectivity index is 1.60. The second-order valence-electron chi connectivity index (χ2n) is 6.85. The normalized spacial score (nSPS) is 14.2. The Hall–Kier alpha value is -3.43. The standard InChI is InChI=1S/C21H22F3N3O4/c1-30-17-8-3-14(13-18(17)31-2)19(28)25-15-4-6-16(7-5-15)26-9-11-27(12-10-26)20(29)21(22,23)24/h3-8,13H,9-12H2,1-2H3,(H,25,28). The molecule has 0 aliphatic carbocycles. The van der Waals surface area contributed by atoms with E-state index in [1.807, 2.05) is 4.90 Å². The lowest BCUT2D eigenvalue weighted by Crippen LogP contribution is -2.52. The van der Waals surface area contributed by atoms with Gasteiger partial charge in [0.25, 0.3) is 5.91 Å². The monoisotopic (exact) mass is 437 g/mol. The van der Waals surface area contributed by atoms with Gasteiger partial charge in [-0.15, -0.1) is 0 Å². The predicted molar refractivity (Wildman–Crippen MR) is 109 cm³/mol. The number of benzene rings is 2. The molecule has 0 spiro atoms. The van der Waals surface area contributed by atoms with Crippen LogP contribution in [0, 0.1) is 0 Å². The minimum absolute atomic E-state index is 0.00384. The molecule has 3 rings (SSSR count). The topological polar surface area (TPSA) is 71.1 Å². The number of rotatable bonds is 5. The van der Waals surface area contributed by atoms with E-state index in [-0.39, 0.29) is 19.0 Å². The number of amides is 2. The van der Waals surface area contributed by atoms with Crippen LogP contribution in [0.2, 0.25) is 0 Å². The maximum Gasteiger partial charge on any atom is 0.471 e. The summed E-state index contributed by atoms with van der Waals surface area (Å²) in [5, 5.41) is 2.78. The third-order valence-corrected chi connectivity index (χ3v) is 4.95. The van der Waals surface area contributed by atoms with E-state index < -0.39 is 12.1 Å². The lowest BCUT2D eigenvalue weighted by Gasteiger charge is -2.36. The number of ether oxygens (including phenoxy) is 2. The minimum Gasteiger partial charge on any atom is -0.493 e. The minimum atomic E-state index is -4.85. The van der Waals surface area contributed by atoms with Gasteiger partial charge in [0, 0.05) is 43.1 Å². The van der Waals surface area contributed by atoms with Gasteiger partial charge < -0.3 is 24.6 Å². The number of alkyl halides is 3. The Morgan fingerprint density at radius 2 is 1.52 bits per heavy atom. The van der Waals surface area contributed by atoms with Crippen LogP contribution in [0.4, 0.5) is 24.5 Å². The third-order valence-electron chi connectivity index (χ3n) is 4.95. The van der Waals surface area contributed by atoms with E-state index in [1.54, 1.807) is 42.5 Å². The highest BCUT2D eigenvalue weighted by Crippen LogP contribution is 2.28. The van der Waals surface area contributed by atoms with Gasteiger partial charge in [-0.1, -0.05) is 0 Å². The smallest absolute Gasteiger partial charge is 0.471 e. The quantitative estimate of drug-likeness (QED) is 0.778. The maximum atomic E-state index is 12.6. The highest BCUT2D eigenvalue weighted by atomic mass is 19.4. The molecule has 7 nitrogen and oxygen atoms in total. The summed E-state index contributed by atoms with van der Waals surface area (Å²) in [5.41, 5.74) is 1.75. The Labute approximate surface area is 177 Å². The lowest BCUT2D eigenvalue weighted by atomic mass is 10.1. The van der Waals surface area contributed by atoms with Gasteiger partial charge in [0.05, 0.1) is 14.2 Å². The summed E-state index contributed by atoms with van der Waals surface area (Å²) in [4.78, 5) is 26.5. The lowest BCUT2D eigenvalue weighted by molar-refractivity contribution is -0.185. The van der Waals surface area contributed by atoms with Crippen molar-refractivity contribution in [3.63, 3.8) is 0 Å². The van der Waals surface area contributed by atoms with Crippen LogP contribution in [-0.2, 0) is 4.79 Å². The molecule has 1 aliphatic rings. The molecular formula is C21H22F3N3O4. The van der Waals surface area contributed by atoms with Gasteiger partial charge in [0.15, 0.2) is 11.5 Å². The number of nitrogens with zero attached hydrogens (tertiary/aromatic N) is 2. The van der Waals surface area contributed by atoms with Gasteiger partial charge in [-0.25, -0.2) is 0 Å². The van der Waals surface area contributed by atoms with Gasteiger partial charge in [0.2, 0.25) is 0 Å². The highest BCUT2D eigenvalue weighted by Gasteiger charge is 2.43. The summed E-state index contributed by atoms with van der Waals surface area (Å²) >= 11 is 0. The number of carbonyl (C=O) groups is 2. The third kappa shape index (κ3) is 5.19. The van der Waals surface area contributed by atoms with E-state index >= 15 is 0 Å². The largest absolute Gasteiger partial charge is 0.493 e. The van der Waals surface area contributed by atoms with Gasteiger partial charge >= 0.3 is 12.1 Å². The van der Waals surface area contributed by atoms with Crippen molar-refractivity contribution in [2.45, 2.75) is 6.18 Å². The molecule has 2 aromatic rings. The molecule has 0 saturated carbocycles. The summed E-state index contributed by atoms with van der Waals surface area (Å²) in [6.45, 7) is 0.574. The molecule has 10 heteroatoms. The zero-order valence-corrected chi connectivity index (χ0v) is 17.0. The first-order chi connectivity index (χ1) is 14.7. The van der Waals surface area contributed by atoms with E-state index in [2.05, 4.69) is 5.32 Å². The number of methoxy groups -OCH3 is 2. The predicted octanol–water partition coefficient (Wildman–Crippen LogP) is 3.17. The molecule has 2 aromatic carbocycles. The second kappa shape index (κ2) is 9.15. The summed E-state index contributed by atoms with van der Waals surface area (Å²) in [5.74, 6) is -1.18. The number of hydrogen-bond acceptors (Lipinski definition) is 5. The summed E-state index contributed by atoms with van der Waals surface area (Å²) in [6, 6.07) is 11.8. The number of hydrogen-bond donors (Lipinski definition) is 1. The molecule has 0 aromatic heterocycles. The van der Waals surface area contributed by atoms with Crippen LogP contribution in [0.15, 0.2) is 42.5 Å². The Bertz CT molecular complexity index is 940. The molecule has 31 heavy (non-hydrogen) atoms. The molecule has 0 bridgehead atoms. The van der Waals surface area contributed by atoms with E-state index in [0.717, 1.165) is 10.6 Å². The van der Waals surface area contributed by atoms with Crippen LogP contribution in [0.25, 0.3) is 0 Å².